The molecule has 106 valence electrons. The second-order valence-corrected chi connectivity index (χ2v) is 6.59. The van der Waals surface area contributed by atoms with E-state index in [4.69, 9.17) is 9.31 Å². The van der Waals surface area contributed by atoms with Gasteiger partial charge in [-0.3, -0.25) is 0 Å². The Morgan fingerprint density at radius 3 is 2.21 bits per heavy atom. The molecule has 0 aromatic carbocycles. The molecule has 0 saturated carbocycles. The van der Waals surface area contributed by atoms with Gasteiger partial charge >= 0.3 is 7.12 Å². The smallest absolute Gasteiger partial charge is 0.399 e. The highest BCUT2D eigenvalue weighted by Gasteiger charge is 2.52. The van der Waals surface area contributed by atoms with Crippen LogP contribution >= 0.6 is 15.9 Å². The van der Waals surface area contributed by atoms with Gasteiger partial charge in [0.1, 0.15) is 0 Å². The van der Waals surface area contributed by atoms with Crippen LogP contribution in [0.25, 0.3) is 0 Å². The van der Waals surface area contributed by atoms with E-state index in [1.807, 2.05) is 27.7 Å². The summed E-state index contributed by atoms with van der Waals surface area (Å²) in [6.45, 7) is 7.49. The molecule has 1 aliphatic heterocycles. The quantitative estimate of drug-likeness (QED) is 0.793. The summed E-state index contributed by atoms with van der Waals surface area (Å²) in [5.74, 6) is 0. The van der Waals surface area contributed by atoms with Crippen molar-refractivity contribution >= 4 is 28.5 Å². The second-order valence-electron chi connectivity index (χ2n) is 5.74. The van der Waals surface area contributed by atoms with Crippen molar-refractivity contribution in [3.8, 4) is 0 Å². The minimum absolute atomic E-state index is 0.335. The number of hydrogen-bond donors (Lipinski definition) is 0. The predicted molar refractivity (Wildman–Crippen MR) is 73.9 cm³/mol. The first-order chi connectivity index (χ1) is 8.62. The average Bonchev–Trinajstić information content (AvgIpc) is 2.64. The van der Waals surface area contributed by atoms with Gasteiger partial charge in [0.25, 0.3) is 6.43 Å². The Labute approximate surface area is 120 Å². The van der Waals surface area contributed by atoms with E-state index in [9.17, 15) is 8.78 Å². The summed E-state index contributed by atoms with van der Waals surface area (Å²) >= 11 is 3.37. The first kappa shape index (κ1) is 15.0. The molecule has 0 spiro atoms. The molecule has 0 atom stereocenters. The molecule has 2 rings (SSSR count). The standard InChI is InChI=1S/C12H17BBrF2NO2/c1-11(2)12(3,4)19-13(18-11)8-5-17(6-9(8)14)7-10(15)16/h5-6,10H,7H2,1-4H3. The van der Waals surface area contributed by atoms with Crippen molar-refractivity contribution in [3.05, 3.63) is 16.9 Å². The van der Waals surface area contributed by atoms with E-state index < -0.39 is 24.7 Å². The molecule has 1 aromatic heterocycles. The zero-order chi connectivity index (χ0) is 14.4. The van der Waals surface area contributed by atoms with Crippen LogP contribution in [0.3, 0.4) is 0 Å². The molecule has 0 aliphatic carbocycles. The van der Waals surface area contributed by atoms with Crippen molar-refractivity contribution in [2.75, 3.05) is 0 Å². The Kier molecular flexibility index (Phi) is 3.84. The topological polar surface area (TPSA) is 23.4 Å². The molecule has 0 radical (unpaired) electrons. The number of alkyl halides is 2. The van der Waals surface area contributed by atoms with Crippen molar-refractivity contribution < 1.29 is 18.1 Å². The van der Waals surface area contributed by atoms with Crippen molar-refractivity contribution in [2.45, 2.75) is 51.9 Å². The first-order valence-electron chi connectivity index (χ1n) is 6.11. The van der Waals surface area contributed by atoms with Crippen molar-refractivity contribution in [1.29, 1.82) is 0 Å². The van der Waals surface area contributed by atoms with E-state index in [1.165, 1.54) is 4.57 Å². The molecule has 1 saturated heterocycles. The van der Waals surface area contributed by atoms with Crippen LogP contribution in [0.5, 0.6) is 0 Å². The van der Waals surface area contributed by atoms with E-state index in [0.29, 0.717) is 4.47 Å². The Balaban J connectivity index is 2.22. The summed E-state index contributed by atoms with van der Waals surface area (Å²) in [5.41, 5.74) is -0.150. The van der Waals surface area contributed by atoms with E-state index in [1.54, 1.807) is 12.4 Å². The maximum absolute atomic E-state index is 12.4. The Bertz CT molecular complexity index is 460. The van der Waals surface area contributed by atoms with Gasteiger partial charge in [0.2, 0.25) is 0 Å². The third-order valence-electron chi connectivity index (χ3n) is 3.72. The van der Waals surface area contributed by atoms with Gasteiger partial charge in [-0.05, 0) is 43.6 Å². The van der Waals surface area contributed by atoms with Gasteiger partial charge in [-0.1, -0.05) is 0 Å². The van der Waals surface area contributed by atoms with Gasteiger partial charge in [0.05, 0.1) is 17.7 Å². The monoisotopic (exact) mass is 335 g/mol. The van der Waals surface area contributed by atoms with E-state index in [2.05, 4.69) is 15.9 Å². The number of nitrogens with zero attached hydrogens (tertiary/aromatic N) is 1. The molecule has 19 heavy (non-hydrogen) atoms. The summed E-state index contributed by atoms with van der Waals surface area (Å²) in [5, 5.41) is 0. The number of hydrogen-bond acceptors (Lipinski definition) is 2. The van der Waals surface area contributed by atoms with Gasteiger partial charge in [0, 0.05) is 22.3 Å². The van der Waals surface area contributed by atoms with Crippen LogP contribution in [0.4, 0.5) is 8.78 Å². The fourth-order valence-electron chi connectivity index (χ4n) is 1.91. The fourth-order valence-corrected chi connectivity index (χ4v) is 2.46. The Morgan fingerprint density at radius 2 is 1.74 bits per heavy atom. The molecule has 1 fully saturated rings. The van der Waals surface area contributed by atoms with Crippen LogP contribution in [-0.2, 0) is 15.9 Å². The van der Waals surface area contributed by atoms with E-state index in [-0.39, 0.29) is 6.54 Å². The van der Waals surface area contributed by atoms with Gasteiger partial charge in [0.15, 0.2) is 0 Å². The van der Waals surface area contributed by atoms with Crippen LogP contribution in [0, 0.1) is 0 Å². The van der Waals surface area contributed by atoms with E-state index >= 15 is 0 Å². The molecule has 7 heteroatoms. The van der Waals surface area contributed by atoms with Crippen LogP contribution in [0.1, 0.15) is 27.7 Å². The van der Waals surface area contributed by atoms with Crippen LogP contribution < -0.4 is 5.46 Å². The third kappa shape index (κ3) is 2.88. The van der Waals surface area contributed by atoms with Crippen LogP contribution in [0.2, 0.25) is 0 Å². The van der Waals surface area contributed by atoms with E-state index in [0.717, 1.165) is 5.46 Å². The number of aromatic nitrogens is 1. The number of halogens is 3. The fraction of sp³-hybridized carbons (Fsp3) is 0.667. The number of rotatable bonds is 3. The predicted octanol–water partition coefficient (Wildman–Crippen LogP) is 2.81. The first-order valence-corrected chi connectivity index (χ1v) is 6.90. The van der Waals surface area contributed by atoms with Crippen LogP contribution in [-0.4, -0.2) is 29.3 Å². The highest BCUT2D eigenvalue weighted by atomic mass is 79.9. The Morgan fingerprint density at radius 1 is 1.21 bits per heavy atom. The van der Waals surface area contributed by atoms with Gasteiger partial charge in [-0.15, -0.1) is 0 Å². The third-order valence-corrected chi connectivity index (χ3v) is 4.38. The normalized spacial score (nSPS) is 21.4. The maximum Gasteiger partial charge on any atom is 0.497 e. The van der Waals surface area contributed by atoms with Gasteiger partial charge < -0.3 is 13.9 Å². The summed E-state index contributed by atoms with van der Waals surface area (Å²) in [6, 6.07) is 0. The lowest BCUT2D eigenvalue weighted by Gasteiger charge is -2.32. The molecule has 0 bridgehead atoms. The lowest BCUT2D eigenvalue weighted by atomic mass is 9.81. The molecule has 1 aromatic rings. The highest BCUT2D eigenvalue weighted by Crippen LogP contribution is 2.37. The molecule has 0 amide bonds. The van der Waals surface area contributed by atoms with Crippen LogP contribution in [0.15, 0.2) is 16.9 Å². The largest absolute Gasteiger partial charge is 0.497 e. The summed E-state index contributed by atoms with van der Waals surface area (Å²) in [6.07, 6.45) is 0.871. The second kappa shape index (κ2) is 4.86. The summed E-state index contributed by atoms with van der Waals surface area (Å²) in [4.78, 5) is 0. The minimum atomic E-state index is -2.38. The lowest BCUT2D eigenvalue weighted by Crippen LogP contribution is -2.41. The molecule has 2 heterocycles. The van der Waals surface area contributed by atoms with Crippen molar-refractivity contribution in [3.63, 3.8) is 0 Å². The molecule has 0 N–H and O–H groups in total. The van der Waals surface area contributed by atoms with Gasteiger partial charge in [-0.25, -0.2) is 8.78 Å². The SMILES string of the molecule is CC1(C)OB(c2cn(CC(F)F)cc2Br)OC1(C)C. The molecule has 1 aliphatic rings. The highest BCUT2D eigenvalue weighted by molar-refractivity contribution is 9.10. The summed E-state index contributed by atoms with van der Waals surface area (Å²) in [7, 11) is -0.543. The van der Waals surface area contributed by atoms with Gasteiger partial charge in [-0.2, -0.15) is 0 Å². The van der Waals surface area contributed by atoms with Crippen molar-refractivity contribution in [1.82, 2.24) is 4.57 Å². The summed E-state index contributed by atoms with van der Waals surface area (Å²) < 4.78 is 38.7. The lowest BCUT2D eigenvalue weighted by molar-refractivity contribution is 0.00578. The molecule has 0 unspecified atom stereocenters. The molecular weight excluding hydrogens is 319 g/mol. The average molecular weight is 336 g/mol. The maximum atomic E-state index is 12.4. The Hall–Kier alpha value is -0.395. The zero-order valence-corrected chi connectivity index (χ0v) is 13.0. The molecule has 3 nitrogen and oxygen atoms in total. The van der Waals surface area contributed by atoms with Crippen molar-refractivity contribution in [2.24, 2.45) is 0 Å². The zero-order valence-electron chi connectivity index (χ0n) is 11.4. The minimum Gasteiger partial charge on any atom is -0.399 e. The molecular formula is C12H17BBrF2NO2.